The molecule has 2 unspecified atom stereocenters. The zero-order valence-corrected chi connectivity index (χ0v) is 13.6. The highest BCUT2D eigenvalue weighted by Crippen LogP contribution is 2.41. The summed E-state index contributed by atoms with van der Waals surface area (Å²) in [5.41, 5.74) is 1.52. The zero-order valence-electron chi connectivity index (χ0n) is 13.6. The number of methoxy groups -OCH3 is 1. The Morgan fingerprint density at radius 3 is 2.95 bits per heavy atom. The fourth-order valence-corrected chi connectivity index (χ4v) is 3.31. The topological polar surface area (TPSA) is 39.1 Å². The SMILES string of the molecule is COCC(C)Nc1nc(C)cn1C1CCCC(C)(C)C1. The van der Waals surface area contributed by atoms with E-state index in [1.165, 1.54) is 25.7 Å². The molecule has 0 spiro atoms. The van der Waals surface area contributed by atoms with Gasteiger partial charge in [0, 0.05) is 25.4 Å². The van der Waals surface area contributed by atoms with Crippen LogP contribution in [-0.4, -0.2) is 29.3 Å². The average molecular weight is 279 g/mol. The molecule has 0 amide bonds. The maximum atomic E-state index is 5.20. The van der Waals surface area contributed by atoms with Gasteiger partial charge in [-0.15, -0.1) is 0 Å². The van der Waals surface area contributed by atoms with Gasteiger partial charge < -0.3 is 14.6 Å². The molecular weight excluding hydrogens is 250 g/mol. The Labute approximate surface area is 122 Å². The molecule has 2 atom stereocenters. The first kappa shape index (κ1) is 15.4. The molecule has 1 aromatic rings. The Hall–Kier alpha value is -1.03. The van der Waals surface area contributed by atoms with Crippen LogP contribution >= 0.6 is 0 Å². The van der Waals surface area contributed by atoms with Gasteiger partial charge in [0.15, 0.2) is 0 Å². The molecule has 1 saturated carbocycles. The monoisotopic (exact) mass is 279 g/mol. The van der Waals surface area contributed by atoms with E-state index in [0.29, 0.717) is 18.1 Å². The van der Waals surface area contributed by atoms with Gasteiger partial charge in [0.05, 0.1) is 12.3 Å². The molecule has 1 aliphatic rings. The minimum Gasteiger partial charge on any atom is -0.383 e. The first-order valence-electron chi connectivity index (χ1n) is 7.72. The van der Waals surface area contributed by atoms with Gasteiger partial charge in [0.2, 0.25) is 5.95 Å². The molecule has 114 valence electrons. The number of nitrogens with zero attached hydrogens (tertiary/aromatic N) is 2. The fourth-order valence-electron chi connectivity index (χ4n) is 3.31. The smallest absolute Gasteiger partial charge is 0.203 e. The molecule has 0 aromatic carbocycles. The highest BCUT2D eigenvalue weighted by molar-refractivity contribution is 5.31. The van der Waals surface area contributed by atoms with Crippen LogP contribution in [0.2, 0.25) is 0 Å². The molecule has 1 heterocycles. The molecule has 0 saturated heterocycles. The van der Waals surface area contributed by atoms with Gasteiger partial charge in [-0.1, -0.05) is 20.3 Å². The van der Waals surface area contributed by atoms with Gasteiger partial charge in [0.25, 0.3) is 0 Å². The van der Waals surface area contributed by atoms with Crippen molar-refractivity contribution in [3.05, 3.63) is 11.9 Å². The van der Waals surface area contributed by atoms with Crippen molar-refractivity contribution in [2.24, 2.45) is 5.41 Å². The van der Waals surface area contributed by atoms with Crippen LogP contribution in [0, 0.1) is 12.3 Å². The van der Waals surface area contributed by atoms with Crippen molar-refractivity contribution in [2.45, 2.75) is 65.5 Å². The van der Waals surface area contributed by atoms with E-state index in [0.717, 1.165) is 11.6 Å². The van der Waals surface area contributed by atoms with E-state index in [-0.39, 0.29) is 6.04 Å². The van der Waals surface area contributed by atoms with E-state index >= 15 is 0 Å². The van der Waals surface area contributed by atoms with Gasteiger partial charge in [0.1, 0.15) is 0 Å². The predicted octanol–water partition coefficient (Wildman–Crippen LogP) is 3.78. The lowest BCUT2D eigenvalue weighted by atomic mass is 9.75. The summed E-state index contributed by atoms with van der Waals surface area (Å²) in [6.07, 6.45) is 7.32. The highest BCUT2D eigenvalue weighted by Gasteiger charge is 2.30. The van der Waals surface area contributed by atoms with Crippen LogP contribution in [0.3, 0.4) is 0 Å². The first-order valence-corrected chi connectivity index (χ1v) is 7.72. The second-order valence-corrected chi connectivity index (χ2v) is 7.03. The number of hydrogen-bond acceptors (Lipinski definition) is 3. The van der Waals surface area contributed by atoms with E-state index in [1.807, 2.05) is 0 Å². The molecule has 1 N–H and O–H groups in total. The van der Waals surface area contributed by atoms with Crippen LogP contribution in [-0.2, 0) is 4.74 Å². The number of nitrogens with one attached hydrogen (secondary N) is 1. The minimum absolute atomic E-state index is 0.275. The number of anilines is 1. The van der Waals surface area contributed by atoms with Crippen molar-refractivity contribution in [1.82, 2.24) is 9.55 Å². The lowest BCUT2D eigenvalue weighted by molar-refractivity contribution is 0.181. The molecule has 0 aliphatic heterocycles. The number of hydrogen-bond donors (Lipinski definition) is 1. The summed E-state index contributed by atoms with van der Waals surface area (Å²) in [6.45, 7) is 9.65. The van der Waals surface area contributed by atoms with Crippen LogP contribution in [0.1, 0.15) is 58.2 Å². The van der Waals surface area contributed by atoms with Crippen LogP contribution in [0.4, 0.5) is 5.95 Å². The highest BCUT2D eigenvalue weighted by atomic mass is 16.5. The van der Waals surface area contributed by atoms with Gasteiger partial charge in [-0.05, 0) is 38.5 Å². The average Bonchev–Trinajstić information content (AvgIpc) is 2.69. The third kappa shape index (κ3) is 3.75. The molecule has 0 bridgehead atoms. The Kier molecular flexibility index (Phi) is 4.74. The number of ether oxygens (including phenoxy) is 1. The second kappa shape index (κ2) is 6.17. The van der Waals surface area contributed by atoms with Crippen LogP contribution in [0.5, 0.6) is 0 Å². The summed E-state index contributed by atoms with van der Waals surface area (Å²) < 4.78 is 7.55. The van der Waals surface area contributed by atoms with Gasteiger partial charge >= 0.3 is 0 Å². The molecular formula is C16H29N3O. The normalized spacial score (nSPS) is 23.6. The summed E-state index contributed by atoms with van der Waals surface area (Å²) in [7, 11) is 1.74. The van der Waals surface area contributed by atoms with Crippen molar-refractivity contribution in [3.8, 4) is 0 Å². The number of aromatic nitrogens is 2. The van der Waals surface area contributed by atoms with E-state index in [2.05, 4.69) is 48.8 Å². The Morgan fingerprint density at radius 2 is 2.30 bits per heavy atom. The largest absolute Gasteiger partial charge is 0.383 e. The molecule has 20 heavy (non-hydrogen) atoms. The molecule has 1 aromatic heterocycles. The third-order valence-corrected chi connectivity index (χ3v) is 4.22. The van der Waals surface area contributed by atoms with Crippen LogP contribution < -0.4 is 5.32 Å². The van der Waals surface area contributed by atoms with Gasteiger partial charge in [-0.25, -0.2) is 4.98 Å². The van der Waals surface area contributed by atoms with E-state index in [9.17, 15) is 0 Å². The summed E-state index contributed by atoms with van der Waals surface area (Å²) >= 11 is 0. The Morgan fingerprint density at radius 1 is 1.55 bits per heavy atom. The molecule has 1 aliphatic carbocycles. The number of rotatable bonds is 5. The quantitative estimate of drug-likeness (QED) is 0.891. The van der Waals surface area contributed by atoms with Gasteiger partial charge in [-0.2, -0.15) is 0 Å². The lowest BCUT2D eigenvalue weighted by Crippen LogP contribution is -2.28. The number of imidazole rings is 1. The summed E-state index contributed by atoms with van der Waals surface area (Å²) in [4.78, 5) is 4.65. The molecule has 4 heteroatoms. The standard InChI is InChI=1S/C16H29N3O/c1-12-10-19(14-7-6-8-16(3,4)9-14)15(17-12)18-13(2)11-20-5/h10,13-14H,6-9,11H2,1-5H3,(H,17,18). The van der Waals surface area contributed by atoms with Crippen molar-refractivity contribution < 1.29 is 4.74 Å². The molecule has 4 nitrogen and oxygen atoms in total. The molecule has 0 radical (unpaired) electrons. The zero-order chi connectivity index (χ0) is 14.8. The summed E-state index contributed by atoms with van der Waals surface area (Å²) in [5, 5.41) is 3.48. The van der Waals surface area contributed by atoms with Crippen molar-refractivity contribution >= 4 is 5.95 Å². The maximum Gasteiger partial charge on any atom is 0.203 e. The second-order valence-electron chi connectivity index (χ2n) is 7.03. The lowest BCUT2D eigenvalue weighted by Gasteiger charge is -2.36. The van der Waals surface area contributed by atoms with Crippen LogP contribution in [0.25, 0.3) is 0 Å². The predicted molar refractivity (Wildman–Crippen MR) is 83.2 cm³/mol. The van der Waals surface area contributed by atoms with Crippen molar-refractivity contribution in [3.63, 3.8) is 0 Å². The molecule has 2 rings (SSSR count). The Balaban J connectivity index is 2.14. The minimum atomic E-state index is 0.275. The van der Waals surface area contributed by atoms with E-state index < -0.39 is 0 Å². The first-order chi connectivity index (χ1) is 9.41. The fraction of sp³-hybridized carbons (Fsp3) is 0.812. The summed E-state index contributed by atoms with van der Waals surface area (Å²) in [6, 6.07) is 0.842. The maximum absolute atomic E-state index is 5.20. The molecule has 1 fully saturated rings. The van der Waals surface area contributed by atoms with Crippen LogP contribution in [0.15, 0.2) is 6.20 Å². The van der Waals surface area contributed by atoms with Gasteiger partial charge in [-0.3, -0.25) is 0 Å². The third-order valence-electron chi connectivity index (χ3n) is 4.22. The number of aryl methyl sites for hydroxylation is 1. The summed E-state index contributed by atoms with van der Waals surface area (Å²) in [5.74, 6) is 0.995. The van der Waals surface area contributed by atoms with Crippen molar-refractivity contribution in [2.75, 3.05) is 19.0 Å². The van der Waals surface area contributed by atoms with Crippen molar-refractivity contribution in [1.29, 1.82) is 0 Å². The van der Waals surface area contributed by atoms with E-state index in [4.69, 9.17) is 4.74 Å². The Bertz CT molecular complexity index is 439. The van der Waals surface area contributed by atoms with E-state index in [1.54, 1.807) is 7.11 Å².